The van der Waals surface area contributed by atoms with Crippen LogP contribution in [0.5, 0.6) is 0 Å². The standard InChI is InChI=1S/C11H16BrFN2O/c1-3-16-7(2)11(15-14)8-5-4-6-9(12)10(8)13/h4-7,11,15H,3,14H2,1-2H3. The van der Waals surface area contributed by atoms with Gasteiger partial charge in [0, 0.05) is 12.2 Å². The van der Waals surface area contributed by atoms with Gasteiger partial charge >= 0.3 is 0 Å². The molecule has 0 saturated carbocycles. The molecule has 0 aliphatic heterocycles. The molecule has 90 valence electrons. The largest absolute Gasteiger partial charge is 0.377 e. The summed E-state index contributed by atoms with van der Waals surface area (Å²) in [6.07, 6.45) is -0.196. The van der Waals surface area contributed by atoms with Crippen molar-refractivity contribution in [1.29, 1.82) is 0 Å². The van der Waals surface area contributed by atoms with Crippen molar-refractivity contribution in [3.8, 4) is 0 Å². The number of nitrogens with one attached hydrogen (secondary N) is 1. The normalized spacial score (nSPS) is 14.8. The molecule has 0 saturated heterocycles. The molecule has 3 N–H and O–H groups in total. The fourth-order valence-electron chi connectivity index (χ4n) is 1.60. The highest BCUT2D eigenvalue weighted by atomic mass is 79.9. The minimum absolute atomic E-state index is 0.196. The first-order valence-electron chi connectivity index (χ1n) is 5.13. The van der Waals surface area contributed by atoms with Crippen LogP contribution in [0.15, 0.2) is 22.7 Å². The Balaban J connectivity index is 2.99. The van der Waals surface area contributed by atoms with Crippen LogP contribution >= 0.6 is 15.9 Å². The zero-order valence-electron chi connectivity index (χ0n) is 9.34. The molecule has 0 amide bonds. The van der Waals surface area contributed by atoms with Gasteiger partial charge in [0.2, 0.25) is 0 Å². The molecular weight excluding hydrogens is 275 g/mol. The third-order valence-electron chi connectivity index (χ3n) is 2.40. The maximum Gasteiger partial charge on any atom is 0.142 e. The molecule has 0 aliphatic rings. The topological polar surface area (TPSA) is 47.3 Å². The lowest BCUT2D eigenvalue weighted by Gasteiger charge is -2.24. The van der Waals surface area contributed by atoms with Gasteiger partial charge in [-0.3, -0.25) is 11.3 Å². The summed E-state index contributed by atoms with van der Waals surface area (Å²) in [7, 11) is 0. The Morgan fingerprint density at radius 3 is 2.81 bits per heavy atom. The summed E-state index contributed by atoms with van der Waals surface area (Å²) in [6.45, 7) is 4.31. The van der Waals surface area contributed by atoms with Crippen molar-refractivity contribution >= 4 is 15.9 Å². The van der Waals surface area contributed by atoms with Gasteiger partial charge in [0.05, 0.1) is 16.6 Å². The number of hydrogen-bond acceptors (Lipinski definition) is 3. The van der Waals surface area contributed by atoms with Crippen LogP contribution in [-0.2, 0) is 4.74 Å². The number of ether oxygens (including phenoxy) is 1. The summed E-state index contributed by atoms with van der Waals surface area (Å²) in [4.78, 5) is 0. The molecule has 0 fully saturated rings. The van der Waals surface area contributed by atoms with Crippen LogP contribution in [0.2, 0.25) is 0 Å². The summed E-state index contributed by atoms with van der Waals surface area (Å²) >= 11 is 3.15. The smallest absolute Gasteiger partial charge is 0.142 e. The van der Waals surface area contributed by atoms with E-state index in [0.717, 1.165) is 0 Å². The molecule has 0 aliphatic carbocycles. The third-order valence-corrected chi connectivity index (χ3v) is 3.01. The van der Waals surface area contributed by atoms with Crippen LogP contribution in [0.25, 0.3) is 0 Å². The minimum Gasteiger partial charge on any atom is -0.377 e. The van der Waals surface area contributed by atoms with Crippen molar-refractivity contribution in [1.82, 2.24) is 5.43 Å². The Hall–Kier alpha value is -0.490. The van der Waals surface area contributed by atoms with Crippen LogP contribution in [0.1, 0.15) is 25.5 Å². The first-order chi connectivity index (χ1) is 7.61. The second kappa shape index (κ2) is 6.30. The van der Waals surface area contributed by atoms with Crippen LogP contribution in [0.3, 0.4) is 0 Å². The fourth-order valence-corrected chi connectivity index (χ4v) is 1.98. The van der Waals surface area contributed by atoms with E-state index in [0.29, 0.717) is 16.6 Å². The van der Waals surface area contributed by atoms with E-state index in [-0.39, 0.29) is 18.0 Å². The molecular formula is C11H16BrFN2O. The Morgan fingerprint density at radius 2 is 2.25 bits per heavy atom. The fraction of sp³-hybridized carbons (Fsp3) is 0.455. The van der Waals surface area contributed by atoms with Crippen molar-refractivity contribution in [2.24, 2.45) is 5.84 Å². The molecule has 0 spiro atoms. The summed E-state index contributed by atoms with van der Waals surface area (Å²) in [5, 5.41) is 0. The van der Waals surface area contributed by atoms with Gasteiger partial charge in [-0.1, -0.05) is 12.1 Å². The quantitative estimate of drug-likeness (QED) is 0.647. The first-order valence-corrected chi connectivity index (χ1v) is 5.92. The predicted octanol–water partition coefficient (Wildman–Crippen LogP) is 2.52. The van der Waals surface area contributed by atoms with Gasteiger partial charge in [-0.05, 0) is 35.8 Å². The average Bonchev–Trinajstić information content (AvgIpc) is 2.25. The Morgan fingerprint density at radius 1 is 1.56 bits per heavy atom. The zero-order chi connectivity index (χ0) is 12.1. The number of halogens is 2. The molecule has 3 nitrogen and oxygen atoms in total. The molecule has 0 heterocycles. The maximum absolute atomic E-state index is 13.8. The molecule has 0 radical (unpaired) electrons. The monoisotopic (exact) mass is 290 g/mol. The van der Waals surface area contributed by atoms with E-state index in [1.54, 1.807) is 18.2 Å². The van der Waals surface area contributed by atoms with Gasteiger partial charge < -0.3 is 4.74 Å². The van der Waals surface area contributed by atoms with Crippen molar-refractivity contribution in [3.05, 3.63) is 34.1 Å². The highest BCUT2D eigenvalue weighted by Crippen LogP contribution is 2.26. The number of hydrogen-bond donors (Lipinski definition) is 2. The van der Waals surface area contributed by atoms with Gasteiger partial charge in [-0.25, -0.2) is 4.39 Å². The molecule has 1 rings (SSSR count). The third kappa shape index (κ3) is 3.01. The summed E-state index contributed by atoms with van der Waals surface area (Å²) in [5.41, 5.74) is 3.08. The van der Waals surface area contributed by atoms with E-state index in [1.807, 2.05) is 13.8 Å². The number of nitrogens with two attached hydrogens (primary N) is 1. The van der Waals surface area contributed by atoms with Crippen LogP contribution in [-0.4, -0.2) is 12.7 Å². The molecule has 16 heavy (non-hydrogen) atoms. The molecule has 2 unspecified atom stereocenters. The Bertz CT molecular complexity index is 349. The highest BCUT2D eigenvalue weighted by molar-refractivity contribution is 9.10. The summed E-state index contributed by atoms with van der Waals surface area (Å²) in [5.74, 6) is 5.13. The predicted molar refractivity (Wildman–Crippen MR) is 65.3 cm³/mol. The second-order valence-electron chi connectivity index (χ2n) is 3.45. The van der Waals surface area contributed by atoms with Crippen molar-refractivity contribution in [3.63, 3.8) is 0 Å². The SMILES string of the molecule is CCOC(C)C(NN)c1cccc(Br)c1F. The average molecular weight is 291 g/mol. The maximum atomic E-state index is 13.8. The highest BCUT2D eigenvalue weighted by Gasteiger charge is 2.22. The number of benzene rings is 1. The molecule has 0 aromatic heterocycles. The van der Waals surface area contributed by atoms with E-state index >= 15 is 0 Å². The summed E-state index contributed by atoms with van der Waals surface area (Å²) < 4.78 is 19.7. The molecule has 1 aromatic carbocycles. The zero-order valence-corrected chi connectivity index (χ0v) is 10.9. The van der Waals surface area contributed by atoms with Gasteiger partial charge in [-0.2, -0.15) is 0 Å². The number of hydrazine groups is 1. The van der Waals surface area contributed by atoms with Gasteiger partial charge in [0.1, 0.15) is 5.82 Å². The van der Waals surface area contributed by atoms with Crippen LogP contribution in [0.4, 0.5) is 4.39 Å². The van der Waals surface area contributed by atoms with Crippen molar-refractivity contribution < 1.29 is 9.13 Å². The van der Waals surface area contributed by atoms with E-state index in [9.17, 15) is 4.39 Å². The van der Waals surface area contributed by atoms with E-state index in [4.69, 9.17) is 10.6 Å². The van der Waals surface area contributed by atoms with Crippen LogP contribution in [0, 0.1) is 5.82 Å². The van der Waals surface area contributed by atoms with E-state index in [1.165, 1.54) is 0 Å². The van der Waals surface area contributed by atoms with Crippen molar-refractivity contribution in [2.45, 2.75) is 26.0 Å². The molecule has 5 heteroatoms. The molecule has 0 bridgehead atoms. The lowest BCUT2D eigenvalue weighted by atomic mass is 10.0. The van der Waals surface area contributed by atoms with Crippen molar-refractivity contribution in [2.75, 3.05) is 6.61 Å². The lowest BCUT2D eigenvalue weighted by molar-refractivity contribution is 0.0462. The van der Waals surface area contributed by atoms with Crippen LogP contribution < -0.4 is 11.3 Å². The molecule has 1 aromatic rings. The van der Waals surface area contributed by atoms with Gasteiger partial charge in [-0.15, -0.1) is 0 Å². The minimum atomic E-state index is -0.363. The Labute approximate surface area is 103 Å². The lowest BCUT2D eigenvalue weighted by Crippen LogP contribution is -2.37. The summed E-state index contributed by atoms with van der Waals surface area (Å²) in [6, 6.07) is 4.75. The van der Waals surface area contributed by atoms with E-state index in [2.05, 4.69) is 21.4 Å². The number of rotatable bonds is 5. The van der Waals surface area contributed by atoms with E-state index < -0.39 is 0 Å². The molecule has 2 atom stereocenters. The first kappa shape index (κ1) is 13.6. The second-order valence-corrected chi connectivity index (χ2v) is 4.30. The van der Waals surface area contributed by atoms with Gasteiger partial charge in [0.25, 0.3) is 0 Å². The van der Waals surface area contributed by atoms with Gasteiger partial charge in [0.15, 0.2) is 0 Å². The Kier molecular flexibility index (Phi) is 5.34.